The molecule has 15 heavy (non-hydrogen) atoms. The molecule has 2 nitrogen and oxygen atoms in total. The number of hydrogen-bond acceptors (Lipinski definition) is 3. The molecule has 1 unspecified atom stereocenters. The quantitative estimate of drug-likeness (QED) is 0.756. The van der Waals surface area contributed by atoms with Gasteiger partial charge >= 0.3 is 0 Å². The van der Waals surface area contributed by atoms with Crippen LogP contribution in [0.25, 0.3) is 0 Å². The molecule has 1 aromatic rings. The third-order valence-corrected chi connectivity index (χ3v) is 3.36. The Hall–Kier alpha value is -0.220. The summed E-state index contributed by atoms with van der Waals surface area (Å²) in [4.78, 5) is 0. The van der Waals surface area contributed by atoms with Crippen LogP contribution in [0.2, 0.25) is 5.02 Å². The predicted octanol–water partition coefficient (Wildman–Crippen LogP) is 2.28. The fourth-order valence-corrected chi connectivity index (χ4v) is 2.26. The van der Waals surface area contributed by atoms with Crippen molar-refractivity contribution in [3.05, 3.63) is 34.9 Å². The van der Waals surface area contributed by atoms with E-state index in [9.17, 15) is 0 Å². The molecule has 0 spiro atoms. The molecule has 0 aliphatic rings. The number of halogens is 1. The first-order valence-corrected chi connectivity index (χ1v) is 6.44. The van der Waals surface area contributed by atoms with E-state index in [1.807, 2.05) is 36.0 Å². The molecule has 0 aliphatic heterocycles. The van der Waals surface area contributed by atoms with Crippen molar-refractivity contribution >= 4 is 23.4 Å². The average molecular weight is 246 g/mol. The minimum atomic E-state index is -0.0808. The normalized spacial score (nSPS) is 12.7. The van der Waals surface area contributed by atoms with Gasteiger partial charge in [0.2, 0.25) is 0 Å². The molecule has 4 heteroatoms. The second-order valence-corrected chi connectivity index (χ2v) is 4.95. The van der Waals surface area contributed by atoms with Crippen LogP contribution in [0.15, 0.2) is 24.3 Å². The fourth-order valence-electron chi connectivity index (χ4n) is 1.10. The average Bonchev–Trinajstić information content (AvgIpc) is 2.26. The van der Waals surface area contributed by atoms with Crippen LogP contribution in [0, 0.1) is 0 Å². The molecule has 0 saturated carbocycles. The molecule has 0 bridgehead atoms. The molecule has 1 atom stereocenters. The van der Waals surface area contributed by atoms with E-state index < -0.39 is 0 Å². The Morgan fingerprint density at radius 3 is 2.60 bits per heavy atom. The van der Waals surface area contributed by atoms with Crippen LogP contribution >= 0.6 is 23.4 Å². The highest BCUT2D eigenvalue weighted by Gasteiger charge is 2.00. The lowest BCUT2D eigenvalue weighted by Crippen LogP contribution is -2.24. The van der Waals surface area contributed by atoms with E-state index >= 15 is 0 Å². The summed E-state index contributed by atoms with van der Waals surface area (Å²) < 4.78 is 0. The molecule has 0 fully saturated rings. The molecule has 0 aromatic heterocycles. The van der Waals surface area contributed by atoms with E-state index in [4.69, 9.17) is 22.4 Å². The molecule has 0 aliphatic carbocycles. The van der Waals surface area contributed by atoms with Crippen LogP contribution in [0.4, 0.5) is 0 Å². The van der Waals surface area contributed by atoms with E-state index in [0.717, 1.165) is 22.9 Å². The Balaban J connectivity index is 2.17. The Morgan fingerprint density at radius 2 is 2.00 bits per heavy atom. The van der Waals surface area contributed by atoms with Crippen molar-refractivity contribution in [1.29, 1.82) is 0 Å². The first-order valence-electron chi connectivity index (χ1n) is 4.91. The third kappa shape index (κ3) is 5.42. The van der Waals surface area contributed by atoms with Crippen molar-refractivity contribution in [2.45, 2.75) is 18.2 Å². The highest BCUT2D eigenvalue weighted by atomic mass is 35.5. The first kappa shape index (κ1) is 12.8. The molecular weight excluding hydrogens is 230 g/mol. The molecule has 0 radical (unpaired) electrons. The smallest absolute Gasteiger partial charge is 0.0582 e. The fraction of sp³-hybridized carbons (Fsp3) is 0.455. The number of hydrogen-bond donors (Lipinski definition) is 2. The van der Waals surface area contributed by atoms with E-state index in [1.165, 1.54) is 5.56 Å². The summed E-state index contributed by atoms with van der Waals surface area (Å²) in [5.41, 5.74) is 6.86. The van der Waals surface area contributed by atoms with Crippen molar-refractivity contribution in [2.75, 3.05) is 12.4 Å². The zero-order chi connectivity index (χ0) is 11.1. The Kier molecular flexibility index (Phi) is 6.10. The maximum atomic E-state index is 8.73. The largest absolute Gasteiger partial charge is 0.395 e. The first-order chi connectivity index (χ1) is 7.22. The van der Waals surface area contributed by atoms with Gasteiger partial charge in [0, 0.05) is 16.8 Å². The summed E-state index contributed by atoms with van der Waals surface area (Å²) in [5, 5.41) is 9.50. The van der Waals surface area contributed by atoms with Crippen LogP contribution in [0.5, 0.6) is 0 Å². The van der Waals surface area contributed by atoms with Gasteiger partial charge < -0.3 is 10.8 Å². The summed E-state index contributed by atoms with van der Waals surface area (Å²) in [5.74, 6) is 1.94. The highest BCUT2D eigenvalue weighted by molar-refractivity contribution is 7.98. The lowest BCUT2D eigenvalue weighted by molar-refractivity contribution is 0.264. The van der Waals surface area contributed by atoms with Crippen LogP contribution in [-0.2, 0) is 5.75 Å². The maximum absolute atomic E-state index is 8.73. The minimum Gasteiger partial charge on any atom is -0.395 e. The van der Waals surface area contributed by atoms with Crippen molar-refractivity contribution < 1.29 is 5.11 Å². The van der Waals surface area contributed by atoms with Gasteiger partial charge in [-0.25, -0.2) is 0 Å². The van der Waals surface area contributed by atoms with Crippen LogP contribution in [-0.4, -0.2) is 23.5 Å². The van der Waals surface area contributed by atoms with E-state index in [0.29, 0.717) is 0 Å². The van der Waals surface area contributed by atoms with Crippen molar-refractivity contribution in [3.8, 4) is 0 Å². The lowest BCUT2D eigenvalue weighted by atomic mass is 10.2. The van der Waals surface area contributed by atoms with Gasteiger partial charge in [-0.3, -0.25) is 0 Å². The van der Waals surface area contributed by atoms with Crippen LogP contribution < -0.4 is 5.73 Å². The van der Waals surface area contributed by atoms with Crippen molar-refractivity contribution in [2.24, 2.45) is 5.73 Å². The van der Waals surface area contributed by atoms with E-state index in [2.05, 4.69) is 0 Å². The Bertz CT molecular complexity index is 278. The maximum Gasteiger partial charge on any atom is 0.0582 e. The molecular formula is C11H16ClNOS. The molecule has 0 amide bonds. The number of aliphatic hydroxyl groups excluding tert-OH is 1. The van der Waals surface area contributed by atoms with Crippen LogP contribution in [0.1, 0.15) is 12.0 Å². The molecule has 84 valence electrons. The van der Waals surface area contributed by atoms with Gasteiger partial charge in [-0.15, -0.1) is 0 Å². The number of thioether (sulfide) groups is 1. The number of rotatable bonds is 6. The standard InChI is InChI=1S/C11H16ClNOS/c12-10-3-1-9(2-4-10)8-15-6-5-11(13)7-14/h1-4,11,14H,5-8,13H2. The van der Waals surface area contributed by atoms with Crippen molar-refractivity contribution in [1.82, 2.24) is 0 Å². The number of nitrogens with two attached hydrogens (primary N) is 1. The minimum absolute atomic E-state index is 0.0709. The predicted molar refractivity (Wildman–Crippen MR) is 67.3 cm³/mol. The van der Waals surface area contributed by atoms with Gasteiger partial charge in [-0.05, 0) is 29.9 Å². The van der Waals surface area contributed by atoms with Gasteiger partial charge in [0.25, 0.3) is 0 Å². The molecule has 3 N–H and O–H groups in total. The molecule has 0 heterocycles. The number of benzene rings is 1. The topological polar surface area (TPSA) is 46.2 Å². The van der Waals surface area contributed by atoms with Gasteiger partial charge in [-0.2, -0.15) is 11.8 Å². The Labute approximate surface area is 99.8 Å². The number of aliphatic hydroxyl groups is 1. The molecule has 1 aromatic carbocycles. The monoisotopic (exact) mass is 245 g/mol. The van der Waals surface area contributed by atoms with E-state index in [-0.39, 0.29) is 12.6 Å². The lowest BCUT2D eigenvalue weighted by Gasteiger charge is -2.07. The zero-order valence-corrected chi connectivity index (χ0v) is 10.1. The summed E-state index contributed by atoms with van der Waals surface area (Å²) in [6.07, 6.45) is 0.856. The SMILES string of the molecule is NC(CO)CCSCc1ccc(Cl)cc1. The molecule has 1 rings (SSSR count). The van der Waals surface area contributed by atoms with Gasteiger partial charge in [0.1, 0.15) is 0 Å². The van der Waals surface area contributed by atoms with E-state index in [1.54, 1.807) is 0 Å². The van der Waals surface area contributed by atoms with Gasteiger partial charge in [-0.1, -0.05) is 23.7 Å². The second-order valence-electron chi connectivity index (χ2n) is 3.41. The summed E-state index contributed by atoms with van der Waals surface area (Å²) >= 11 is 7.60. The molecule has 0 saturated heterocycles. The Morgan fingerprint density at radius 1 is 1.33 bits per heavy atom. The van der Waals surface area contributed by atoms with Crippen molar-refractivity contribution in [3.63, 3.8) is 0 Å². The van der Waals surface area contributed by atoms with Gasteiger partial charge in [0.05, 0.1) is 6.61 Å². The highest BCUT2D eigenvalue weighted by Crippen LogP contribution is 2.16. The van der Waals surface area contributed by atoms with Gasteiger partial charge in [0.15, 0.2) is 0 Å². The zero-order valence-electron chi connectivity index (χ0n) is 8.53. The summed E-state index contributed by atoms with van der Waals surface area (Å²) in [7, 11) is 0. The second kappa shape index (κ2) is 7.12. The third-order valence-electron chi connectivity index (χ3n) is 2.05. The van der Waals surface area contributed by atoms with Crippen LogP contribution in [0.3, 0.4) is 0 Å². The summed E-state index contributed by atoms with van der Waals surface area (Å²) in [6.45, 7) is 0.0709. The summed E-state index contributed by atoms with van der Waals surface area (Å²) in [6, 6.07) is 7.78.